The van der Waals surface area contributed by atoms with Crippen LogP contribution in [0.1, 0.15) is 18.7 Å². The summed E-state index contributed by atoms with van der Waals surface area (Å²) in [5.74, 6) is 0.281. The van der Waals surface area contributed by atoms with Crippen LogP contribution in [0.5, 0.6) is 0 Å². The summed E-state index contributed by atoms with van der Waals surface area (Å²) in [4.78, 5) is 13.7. The minimum Gasteiger partial charge on any atom is -0.408 e. The summed E-state index contributed by atoms with van der Waals surface area (Å²) in [5, 5.41) is 9.90. The molecule has 1 aromatic heterocycles. The lowest BCUT2D eigenvalue weighted by atomic mass is 10.1. The molecule has 94 valence electrons. The first-order valence-corrected chi connectivity index (χ1v) is 5.71. The van der Waals surface area contributed by atoms with Crippen LogP contribution in [0.4, 0.5) is 6.01 Å². The summed E-state index contributed by atoms with van der Waals surface area (Å²) in [6.07, 6.45) is 2.06. The number of carbonyl (C=O) groups excluding carboxylic acids is 1. The minimum absolute atomic E-state index is 0.147. The number of anilines is 1. The fourth-order valence-corrected chi connectivity index (χ4v) is 1.94. The molecule has 0 spiro atoms. The molecule has 0 aromatic carbocycles. The number of rotatable bonds is 3. The van der Waals surface area contributed by atoms with Crippen LogP contribution in [0.15, 0.2) is 4.42 Å². The van der Waals surface area contributed by atoms with Crippen LogP contribution in [-0.2, 0) is 4.79 Å². The zero-order chi connectivity index (χ0) is 12.3. The number of nitrogens with two attached hydrogens (primary N) is 1. The zero-order valence-electron chi connectivity index (χ0n) is 9.85. The average molecular weight is 239 g/mol. The molecule has 2 rings (SSSR count). The van der Waals surface area contributed by atoms with E-state index in [2.05, 4.69) is 15.5 Å². The van der Waals surface area contributed by atoms with E-state index in [9.17, 15) is 4.79 Å². The van der Waals surface area contributed by atoms with Gasteiger partial charge in [-0.2, -0.15) is 0 Å². The van der Waals surface area contributed by atoms with E-state index in [0.29, 0.717) is 12.4 Å². The van der Waals surface area contributed by atoms with Crippen molar-refractivity contribution in [3.05, 3.63) is 5.89 Å². The van der Waals surface area contributed by atoms with Gasteiger partial charge in [-0.15, -0.1) is 5.10 Å². The van der Waals surface area contributed by atoms with Crippen molar-refractivity contribution in [1.82, 2.24) is 15.1 Å². The van der Waals surface area contributed by atoms with Crippen LogP contribution >= 0.6 is 0 Å². The smallest absolute Gasteiger partial charge is 0.322 e. The first-order chi connectivity index (χ1) is 8.13. The van der Waals surface area contributed by atoms with Crippen molar-refractivity contribution >= 4 is 11.9 Å². The van der Waals surface area contributed by atoms with Gasteiger partial charge in [0.15, 0.2) is 0 Å². The lowest BCUT2D eigenvalue weighted by molar-refractivity contribution is -0.117. The molecule has 1 atom stereocenters. The number of nitrogens with zero attached hydrogens (tertiary/aromatic N) is 3. The normalized spacial score (nSPS) is 21.4. The highest BCUT2D eigenvalue weighted by Gasteiger charge is 2.19. The van der Waals surface area contributed by atoms with Crippen LogP contribution in [0.25, 0.3) is 0 Å². The van der Waals surface area contributed by atoms with Gasteiger partial charge in [0.1, 0.15) is 0 Å². The Morgan fingerprint density at radius 1 is 1.65 bits per heavy atom. The Kier molecular flexibility index (Phi) is 3.70. The third-order valence-electron chi connectivity index (χ3n) is 2.68. The Balaban J connectivity index is 1.80. The molecule has 1 saturated heterocycles. The van der Waals surface area contributed by atoms with Crippen molar-refractivity contribution in [3.63, 3.8) is 0 Å². The Hall–Kier alpha value is -1.47. The maximum Gasteiger partial charge on any atom is 0.322 e. The van der Waals surface area contributed by atoms with Gasteiger partial charge in [-0.05, 0) is 19.4 Å². The molecule has 0 saturated carbocycles. The molecule has 1 amide bonds. The molecule has 0 aliphatic carbocycles. The van der Waals surface area contributed by atoms with Crippen LogP contribution in [0, 0.1) is 6.92 Å². The Labute approximate surface area is 99.4 Å². The van der Waals surface area contributed by atoms with E-state index >= 15 is 0 Å². The molecule has 0 bridgehead atoms. The molecule has 3 N–H and O–H groups in total. The maximum absolute atomic E-state index is 11.7. The molecule has 0 unspecified atom stereocenters. The van der Waals surface area contributed by atoms with Crippen molar-refractivity contribution in [2.24, 2.45) is 5.73 Å². The lowest BCUT2D eigenvalue weighted by Crippen LogP contribution is -2.45. The van der Waals surface area contributed by atoms with E-state index in [1.54, 1.807) is 6.92 Å². The third-order valence-corrected chi connectivity index (χ3v) is 2.68. The van der Waals surface area contributed by atoms with Crippen molar-refractivity contribution in [1.29, 1.82) is 0 Å². The highest BCUT2D eigenvalue weighted by molar-refractivity contribution is 5.90. The van der Waals surface area contributed by atoms with Gasteiger partial charge in [-0.3, -0.25) is 15.0 Å². The minimum atomic E-state index is -0.150. The maximum atomic E-state index is 11.7. The predicted molar refractivity (Wildman–Crippen MR) is 61.3 cm³/mol. The van der Waals surface area contributed by atoms with Gasteiger partial charge in [-0.25, -0.2) is 0 Å². The quantitative estimate of drug-likeness (QED) is 0.754. The second-order valence-electron chi connectivity index (χ2n) is 4.31. The fraction of sp³-hybridized carbons (Fsp3) is 0.700. The number of amides is 1. The molecular formula is C10H17N5O2. The Morgan fingerprint density at radius 2 is 2.47 bits per heavy atom. The summed E-state index contributed by atoms with van der Waals surface area (Å²) in [7, 11) is 0. The standard InChI is InChI=1S/C10H17N5O2/c1-7-13-14-10(17-7)12-9(16)6-15-4-2-3-8(11)5-15/h8H,2-6,11H2,1H3,(H,12,14,16)/t8-/m1/s1. The lowest BCUT2D eigenvalue weighted by Gasteiger charge is -2.29. The van der Waals surface area contributed by atoms with E-state index in [0.717, 1.165) is 25.9 Å². The average Bonchev–Trinajstić information content (AvgIpc) is 2.63. The van der Waals surface area contributed by atoms with E-state index in [1.807, 2.05) is 4.90 Å². The molecule has 1 aromatic rings. The van der Waals surface area contributed by atoms with Gasteiger partial charge in [0.05, 0.1) is 6.54 Å². The number of hydrogen-bond acceptors (Lipinski definition) is 6. The number of nitrogens with one attached hydrogen (secondary N) is 1. The number of likely N-dealkylation sites (tertiary alicyclic amines) is 1. The third kappa shape index (κ3) is 3.50. The molecule has 7 nitrogen and oxygen atoms in total. The van der Waals surface area contributed by atoms with Crippen molar-refractivity contribution in [3.8, 4) is 0 Å². The summed E-state index contributed by atoms with van der Waals surface area (Å²) < 4.78 is 5.07. The fourth-order valence-electron chi connectivity index (χ4n) is 1.94. The Bertz CT molecular complexity index is 392. The van der Waals surface area contributed by atoms with Gasteiger partial charge in [0, 0.05) is 19.5 Å². The number of aromatic nitrogens is 2. The molecule has 1 aliphatic rings. The van der Waals surface area contributed by atoms with Gasteiger partial charge in [0.2, 0.25) is 11.8 Å². The number of carbonyl (C=O) groups is 1. The number of piperidine rings is 1. The Morgan fingerprint density at radius 3 is 3.12 bits per heavy atom. The van der Waals surface area contributed by atoms with Gasteiger partial charge < -0.3 is 10.2 Å². The van der Waals surface area contributed by atoms with Gasteiger partial charge in [0.25, 0.3) is 0 Å². The van der Waals surface area contributed by atoms with E-state index < -0.39 is 0 Å². The number of hydrogen-bond donors (Lipinski definition) is 2. The summed E-state index contributed by atoms with van der Waals surface area (Å²) >= 11 is 0. The highest BCUT2D eigenvalue weighted by atomic mass is 16.4. The molecule has 17 heavy (non-hydrogen) atoms. The molecule has 7 heteroatoms. The summed E-state index contributed by atoms with van der Waals surface area (Å²) in [6.45, 7) is 3.65. The van der Waals surface area contributed by atoms with E-state index in [4.69, 9.17) is 10.2 Å². The molecular weight excluding hydrogens is 222 g/mol. The first kappa shape index (κ1) is 12.0. The molecule has 2 heterocycles. The van der Waals surface area contributed by atoms with Crippen molar-refractivity contribution in [2.75, 3.05) is 25.0 Å². The van der Waals surface area contributed by atoms with Crippen molar-refractivity contribution in [2.45, 2.75) is 25.8 Å². The van der Waals surface area contributed by atoms with Crippen molar-refractivity contribution < 1.29 is 9.21 Å². The highest BCUT2D eigenvalue weighted by Crippen LogP contribution is 2.08. The molecule has 0 radical (unpaired) electrons. The zero-order valence-corrected chi connectivity index (χ0v) is 9.85. The second-order valence-corrected chi connectivity index (χ2v) is 4.31. The first-order valence-electron chi connectivity index (χ1n) is 5.71. The van der Waals surface area contributed by atoms with Crippen LogP contribution in [0.3, 0.4) is 0 Å². The second kappa shape index (κ2) is 5.24. The van der Waals surface area contributed by atoms with E-state index in [1.165, 1.54) is 0 Å². The van der Waals surface area contributed by atoms with Crippen LogP contribution in [0.2, 0.25) is 0 Å². The SMILES string of the molecule is Cc1nnc(NC(=O)CN2CCC[C@@H](N)C2)o1. The monoisotopic (exact) mass is 239 g/mol. The largest absolute Gasteiger partial charge is 0.408 e. The molecule has 1 fully saturated rings. The van der Waals surface area contributed by atoms with Gasteiger partial charge in [-0.1, -0.05) is 5.10 Å². The van der Waals surface area contributed by atoms with Crippen LogP contribution in [-0.4, -0.2) is 46.7 Å². The van der Waals surface area contributed by atoms with E-state index in [-0.39, 0.29) is 18.0 Å². The predicted octanol–water partition coefficient (Wildman–Crippen LogP) is -0.260. The van der Waals surface area contributed by atoms with Gasteiger partial charge >= 0.3 is 6.01 Å². The summed E-state index contributed by atoms with van der Waals surface area (Å²) in [5.41, 5.74) is 5.84. The summed E-state index contributed by atoms with van der Waals surface area (Å²) in [6, 6.07) is 0.316. The topological polar surface area (TPSA) is 97.3 Å². The van der Waals surface area contributed by atoms with Crippen LogP contribution < -0.4 is 11.1 Å². The number of aryl methyl sites for hydroxylation is 1. The molecule has 1 aliphatic heterocycles.